The Bertz CT molecular complexity index is 391. The molecule has 16 heavy (non-hydrogen) atoms. The number of aryl methyl sites for hydroxylation is 2. The summed E-state index contributed by atoms with van der Waals surface area (Å²) in [5.74, 6) is 0. The van der Waals surface area contributed by atoms with Crippen LogP contribution in [-0.4, -0.2) is 28.3 Å². The van der Waals surface area contributed by atoms with Gasteiger partial charge in [-0.25, -0.2) is 0 Å². The first-order valence-electron chi connectivity index (χ1n) is 5.37. The summed E-state index contributed by atoms with van der Waals surface area (Å²) < 4.78 is 1.92. The van der Waals surface area contributed by atoms with Crippen LogP contribution in [0.3, 0.4) is 0 Å². The lowest BCUT2D eigenvalue weighted by atomic mass is 10.3. The van der Waals surface area contributed by atoms with Crippen molar-refractivity contribution in [2.45, 2.75) is 33.4 Å². The highest BCUT2D eigenvalue weighted by Crippen LogP contribution is 2.21. The van der Waals surface area contributed by atoms with E-state index in [0.29, 0.717) is 6.42 Å². The summed E-state index contributed by atoms with van der Waals surface area (Å²) in [6.45, 7) is 6.25. The summed E-state index contributed by atoms with van der Waals surface area (Å²) in [5.41, 5.74) is 1.90. The highest BCUT2D eigenvalue weighted by Gasteiger charge is 2.13. The van der Waals surface area contributed by atoms with Gasteiger partial charge in [-0.2, -0.15) is 10.4 Å². The third-order valence-electron chi connectivity index (χ3n) is 2.48. The Balaban J connectivity index is 2.76. The average Bonchev–Trinajstić information content (AvgIpc) is 2.54. The lowest BCUT2D eigenvalue weighted by Gasteiger charge is -2.15. The first-order valence-corrected chi connectivity index (χ1v) is 5.75. The van der Waals surface area contributed by atoms with Gasteiger partial charge in [0.25, 0.3) is 0 Å². The largest absolute Gasteiger partial charge is 0.299 e. The molecule has 1 aromatic rings. The Morgan fingerprint density at radius 1 is 1.56 bits per heavy atom. The summed E-state index contributed by atoms with van der Waals surface area (Å²) >= 11 is 6.20. The van der Waals surface area contributed by atoms with Crippen molar-refractivity contribution < 1.29 is 0 Å². The van der Waals surface area contributed by atoms with Gasteiger partial charge >= 0.3 is 0 Å². The monoisotopic (exact) mass is 240 g/mol. The summed E-state index contributed by atoms with van der Waals surface area (Å²) in [6, 6.07) is 2.14. The van der Waals surface area contributed by atoms with Crippen LogP contribution < -0.4 is 0 Å². The van der Waals surface area contributed by atoms with Gasteiger partial charge < -0.3 is 0 Å². The molecule has 0 spiro atoms. The smallest absolute Gasteiger partial charge is 0.0860 e. The second-order valence-corrected chi connectivity index (χ2v) is 4.19. The van der Waals surface area contributed by atoms with Crippen LogP contribution in [0, 0.1) is 18.3 Å². The molecule has 0 atom stereocenters. The molecule has 5 heteroatoms. The van der Waals surface area contributed by atoms with Gasteiger partial charge in [-0.05, 0) is 20.9 Å². The lowest BCUT2D eigenvalue weighted by molar-refractivity contribution is 0.322. The van der Waals surface area contributed by atoms with Crippen LogP contribution in [0.15, 0.2) is 0 Å². The Morgan fingerprint density at radius 2 is 2.25 bits per heavy atom. The second-order valence-electron chi connectivity index (χ2n) is 3.81. The molecular weight excluding hydrogens is 224 g/mol. The van der Waals surface area contributed by atoms with Crippen molar-refractivity contribution in [2.75, 3.05) is 13.6 Å². The van der Waals surface area contributed by atoms with Gasteiger partial charge in [-0.1, -0.05) is 11.6 Å². The maximum absolute atomic E-state index is 8.52. The minimum absolute atomic E-state index is 0.535. The molecule has 1 heterocycles. The molecule has 0 bridgehead atoms. The molecule has 0 saturated heterocycles. The zero-order valence-electron chi connectivity index (χ0n) is 10.00. The zero-order chi connectivity index (χ0) is 12.1. The summed E-state index contributed by atoms with van der Waals surface area (Å²) in [4.78, 5) is 2.08. The summed E-state index contributed by atoms with van der Waals surface area (Å²) in [6.07, 6.45) is 0.535. The van der Waals surface area contributed by atoms with E-state index in [2.05, 4.69) is 16.1 Å². The van der Waals surface area contributed by atoms with Crippen molar-refractivity contribution in [1.82, 2.24) is 14.7 Å². The normalized spacial score (nSPS) is 10.8. The quantitative estimate of drug-likeness (QED) is 0.793. The third kappa shape index (κ3) is 2.97. The number of aromatic nitrogens is 2. The number of nitriles is 1. The molecule has 88 valence electrons. The minimum atomic E-state index is 0.535. The Labute approximate surface area is 101 Å². The van der Waals surface area contributed by atoms with Crippen molar-refractivity contribution in [3.63, 3.8) is 0 Å². The van der Waals surface area contributed by atoms with E-state index in [1.54, 1.807) is 0 Å². The number of hydrogen-bond acceptors (Lipinski definition) is 3. The Morgan fingerprint density at radius 3 is 2.81 bits per heavy atom. The van der Waals surface area contributed by atoms with E-state index >= 15 is 0 Å². The molecule has 4 nitrogen and oxygen atoms in total. The molecule has 1 rings (SSSR count). The Kier molecular flexibility index (Phi) is 4.78. The first-order chi connectivity index (χ1) is 7.60. The van der Waals surface area contributed by atoms with E-state index < -0.39 is 0 Å². The van der Waals surface area contributed by atoms with E-state index in [4.69, 9.17) is 16.9 Å². The van der Waals surface area contributed by atoms with Gasteiger partial charge in [0.2, 0.25) is 0 Å². The topological polar surface area (TPSA) is 44.9 Å². The van der Waals surface area contributed by atoms with Crippen molar-refractivity contribution in [3.8, 4) is 6.07 Å². The van der Waals surface area contributed by atoms with Gasteiger partial charge in [0.15, 0.2) is 0 Å². The standard InChI is InChI=1S/C11H17ClN4/c1-4-16-10(11(12)9(2)14-16)8-15(3)7-5-6-13/h4-5,7-8H2,1-3H3. The third-order valence-corrected chi connectivity index (χ3v) is 2.97. The summed E-state index contributed by atoms with van der Waals surface area (Å²) in [7, 11) is 1.98. The van der Waals surface area contributed by atoms with Crippen molar-refractivity contribution in [2.24, 2.45) is 0 Å². The molecule has 0 N–H and O–H groups in total. The number of hydrogen-bond donors (Lipinski definition) is 0. The average molecular weight is 241 g/mol. The van der Waals surface area contributed by atoms with Gasteiger partial charge in [-0.15, -0.1) is 0 Å². The fraction of sp³-hybridized carbons (Fsp3) is 0.636. The molecule has 0 aliphatic carbocycles. The maximum Gasteiger partial charge on any atom is 0.0860 e. The van der Waals surface area contributed by atoms with Gasteiger partial charge in [0, 0.05) is 26.1 Å². The van der Waals surface area contributed by atoms with Crippen LogP contribution >= 0.6 is 11.6 Å². The molecule has 0 aromatic carbocycles. The second kappa shape index (κ2) is 5.88. The van der Waals surface area contributed by atoms with E-state index in [1.165, 1.54) is 0 Å². The van der Waals surface area contributed by atoms with Crippen LogP contribution in [0.25, 0.3) is 0 Å². The van der Waals surface area contributed by atoms with Gasteiger partial charge in [0.05, 0.1) is 22.5 Å². The highest BCUT2D eigenvalue weighted by atomic mass is 35.5. The van der Waals surface area contributed by atoms with E-state index in [0.717, 1.165) is 36.0 Å². The molecular formula is C11H17ClN4. The Hall–Kier alpha value is -1.05. The fourth-order valence-corrected chi connectivity index (χ4v) is 1.79. The number of halogens is 1. The van der Waals surface area contributed by atoms with E-state index in [1.807, 2.05) is 25.6 Å². The molecule has 1 aromatic heterocycles. The van der Waals surface area contributed by atoms with Crippen LogP contribution in [-0.2, 0) is 13.1 Å². The zero-order valence-corrected chi connectivity index (χ0v) is 10.8. The molecule has 0 fully saturated rings. The van der Waals surface area contributed by atoms with Gasteiger partial charge in [0.1, 0.15) is 0 Å². The van der Waals surface area contributed by atoms with Gasteiger partial charge in [-0.3, -0.25) is 9.58 Å². The first kappa shape index (κ1) is 13.0. The molecule has 0 unspecified atom stereocenters. The van der Waals surface area contributed by atoms with Crippen LogP contribution in [0.4, 0.5) is 0 Å². The summed E-state index contributed by atoms with van der Waals surface area (Å²) in [5, 5.41) is 13.6. The fourth-order valence-electron chi connectivity index (χ4n) is 1.60. The van der Waals surface area contributed by atoms with E-state index in [9.17, 15) is 0 Å². The predicted molar refractivity (Wildman–Crippen MR) is 64.2 cm³/mol. The minimum Gasteiger partial charge on any atom is -0.299 e. The van der Waals surface area contributed by atoms with Crippen molar-refractivity contribution >= 4 is 11.6 Å². The molecule has 0 aliphatic rings. The predicted octanol–water partition coefficient (Wildman–Crippen LogP) is 2.21. The molecule has 0 saturated carbocycles. The molecule has 0 aliphatic heterocycles. The van der Waals surface area contributed by atoms with Crippen molar-refractivity contribution in [1.29, 1.82) is 5.26 Å². The van der Waals surface area contributed by atoms with E-state index in [-0.39, 0.29) is 0 Å². The number of rotatable bonds is 5. The highest BCUT2D eigenvalue weighted by molar-refractivity contribution is 6.31. The molecule has 0 radical (unpaired) electrons. The van der Waals surface area contributed by atoms with Crippen LogP contribution in [0.5, 0.6) is 0 Å². The maximum atomic E-state index is 8.52. The number of nitrogens with zero attached hydrogens (tertiary/aromatic N) is 4. The lowest BCUT2D eigenvalue weighted by Crippen LogP contribution is -2.21. The van der Waals surface area contributed by atoms with Crippen LogP contribution in [0.1, 0.15) is 24.7 Å². The SMILES string of the molecule is CCn1nc(C)c(Cl)c1CN(C)CCC#N. The van der Waals surface area contributed by atoms with Crippen LogP contribution in [0.2, 0.25) is 5.02 Å². The molecule has 0 amide bonds. The van der Waals surface area contributed by atoms with Crippen molar-refractivity contribution in [3.05, 3.63) is 16.4 Å².